The van der Waals surface area contributed by atoms with Crippen LogP contribution in [0, 0.1) is 0 Å². The van der Waals surface area contributed by atoms with E-state index in [1.54, 1.807) is 13.8 Å². The normalized spacial score (nSPS) is 25.4. The summed E-state index contributed by atoms with van der Waals surface area (Å²) in [5, 5.41) is 8.96. The van der Waals surface area contributed by atoms with Crippen molar-refractivity contribution in [1.82, 2.24) is 4.90 Å². The molecule has 0 aromatic heterocycles. The van der Waals surface area contributed by atoms with Crippen molar-refractivity contribution in [2.45, 2.75) is 38.3 Å². The van der Waals surface area contributed by atoms with E-state index in [2.05, 4.69) is 0 Å². The average Bonchev–Trinajstić information content (AvgIpc) is 1.97. The Bertz CT molecular complexity index is 375. The molecule has 0 spiro atoms. The Hall–Kier alpha value is -0.820. The third-order valence-electron chi connectivity index (χ3n) is 2.67. The minimum atomic E-state index is -3.48. The molecule has 1 amide bonds. The molecule has 7 heteroatoms. The van der Waals surface area contributed by atoms with Crippen molar-refractivity contribution >= 4 is 16.2 Å². The van der Waals surface area contributed by atoms with Crippen molar-refractivity contribution in [3.05, 3.63) is 0 Å². The highest BCUT2D eigenvalue weighted by atomic mass is 32.2. The van der Waals surface area contributed by atoms with Crippen molar-refractivity contribution < 1.29 is 22.5 Å². The van der Waals surface area contributed by atoms with Crippen LogP contribution in [0.3, 0.4) is 0 Å². The average molecular weight is 251 g/mol. The van der Waals surface area contributed by atoms with Crippen LogP contribution in [-0.4, -0.2) is 49.0 Å². The minimum Gasteiger partial charge on any atom is -0.465 e. The standard InChI is InChI=1S/C9H17NO5S/c1-9(2)6-7(15-16(3,13)14)4-5-10(9)8(11)12/h7H,4-6H2,1-3H3,(H,11,12). The number of carbonyl (C=O) groups is 1. The van der Waals surface area contributed by atoms with Gasteiger partial charge in [0.1, 0.15) is 0 Å². The fourth-order valence-corrected chi connectivity index (χ4v) is 2.69. The zero-order chi connectivity index (χ0) is 12.6. The zero-order valence-corrected chi connectivity index (χ0v) is 10.5. The molecule has 6 nitrogen and oxygen atoms in total. The van der Waals surface area contributed by atoms with Crippen molar-refractivity contribution in [3.63, 3.8) is 0 Å². The van der Waals surface area contributed by atoms with Crippen LogP contribution >= 0.6 is 0 Å². The predicted octanol–water partition coefficient (Wildman–Crippen LogP) is 0.884. The van der Waals surface area contributed by atoms with Gasteiger partial charge in [-0.15, -0.1) is 0 Å². The zero-order valence-electron chi connectivity index (χ0n) is 9.63. The lowest BCUT2D eigenvalue weighted by Crippen LogP contribution is -2.54. The summed E-state index contributed by atoms with van der Waals surface area (Å²) in [5.74, 6) is 0. The van der Waals surface area contributed by atoms with Gasteiger partial charge >= 0.3 is 6.09 Å². The lowest BCUT2D eigenvalue weighted by Gasteiger charge is -2.43. The lowest BCUT2D eigenvalue weighted by molar-refractivity contribution is 0.0191. The van der Waals surface area contributed by atoms with Gasteiger partial charge < -0.3 is 10.0 Å². The van der Waals surface area contributed by atoms with E-state index in [4.69, 9.17) is 9.29 Å². The Balaban J connectivity index is 2.71. The first kappa shape index (κ1) is 13.2. The highest BCUT2D eigenvalue weighted by Gasteiger charge is 2.39. The Morgan fingerprint density at radius 2 is 2.06 bits per heavy atom. The number of amides is 1. The highest BCUT2D eigenvalue weighted by Crippen LogP contribution is 2.29. The molecular formula is C9H17NO5S. The maximum atomic E-state index is 11.0. The first-order valence-electron chi connectivity index (χ1n) is 5.01. The maximum Gasteiger partial charge on any atom is 0.407 e. The number of likely N-dealkylation sites (tertiary alicyclic amines) is 1. The molecule has 1 aliphatic rings. The summed E-state index contributed by atoms with van der Waals surface area (Å²) in [7, 11) is -3.48. The summed E-state index contributed by atoms with van der Waals surface area (Å²) in [5.41, 5.74) is -0.598. The first-order valence-corrected chi connectivity index (χ1v) is 6.82. The molecule has 1 rings (SSSR count). The summed E-state index contributed by atoms with van der Waals surface area (Å²) in [6.45, 7) is 3.82. The molecule has 1 unspecified atom stereocenters. The summed E-state index contributed by atoms with van der Waals surface area (Å²) in [6, 6.07) is 0. The second-order valence-corrected chi connectivity index (χ2v) is 6.26. The largest absolute Gasteiger partial charge is 0.465 e. The molecule has 0 bridgehead atoms. The van der Waals surface area contributed by atoms with Crippen molar-refractivity contribution in [2.75, 3.05) is 12.8 Å². The quantitative estimate of drug-likeness (QED) is 0.737. The second-order valence-electron chi connectivity index (χ2n) is 4.66. The van der Waals surface area contributed by atoms with Crippen LogP contribution in [0.4, 0.5) is 4.79 Å². The van der Waals surface area contributed by atoms with E-state index >= 15 is 0 Å². The summed E-state index contributed by atoms with van der Waals surface area (Å²) in [6.07, 6.45) is 0.377. The van der Waals surface area contributed by atoms with Crippen LogP contribution < -0.4 is 0 Å². The fourth-order valence-electron chi connectivity index (χ4n) is 2.03. The van der Waals surface area contributed by atoms with Crippen molar-refractivity contribution in [3.8, 4) is 0 Å². The van der Waals surface area contributed by atoms with E-state index in [0.717, 1.165) is 6.26 Å². The molecule has 0 saturated carbocycles. The third kappa shape index (κ3) is 3.34. The van der Waals surface area contributed by atoms with Gasteiger partial charge in [-0.05, 0) is 26.7 Å². The van der Waals surface area contributed by atoms with E-state index in [9.17, 15) is 13.2 Å². The summed E-state index contributed by atoms with van der Waals surface area (Å²) < 4.78 is 26.8. The molecular weight excluding hydrogens is 234 g/mol. The molecule has 1 fully saturated rings. The molecule has 94 valence electrons. The Kier molecular flexibility index (Phi) is 3.49. The predicted molar refractivity (Wildman–Crippen MR) is 57.8 cm³/mol. The molecule has 0 aromatic carbocycles. The van der Waals surface area contributed by atoms with E-state index in [0.29, 0.717) is 19.4 Å². The number of hydrogen-bond donors (Lipinski definition) is 1. The molecule has 1 heterocycles. The second kappa shape index (κ2) is 4.21. The number of rotatable bonds is 2. The highest BCUT2D eigenvalue weighted by molar-refractivity contribution is 7.86. The van der Waals surface area contributed by atoms with Gasteiger partial charge in [-0.3, -0.25) is 4.18 Å². The summed E-state index contributed by atoms with van der Waals surface area (Å²) >= 11 is 0. The van der Waals surface area contributed by atoms with E-state index in [1.165, 1.54) is 4.90 Å². The number of hydrogen-bond acceptors (Lipinski definition) is 4. The van der Waals surface area contributed by atoms with Gasteiger partial charge in [0.25, 0.3) is 10.1 Å². The fraction of sp³-hybridized carbons (Fsp3) is 0.889. The molecule has 1 atom stereocenters. The van der Waals surface area contributed by atoms with Crippen molar-refractivity contribution in [2.24, 2.45) is 0 Å². The van der Waals surface area contributed by atoms with Gasteiger partial charge in [0, 0.05) is 12.1 Å². The third-order valence-corrected chi connectivity index (χ3v) is 3.30. The minimum absolute atomic E-state index is 0.294. The van der Waals surface area contributed by atoms with Crippen molar-refractivity contribution in [1.29, 1.82) is 0 Å². The lowest BCUT2D eigenvalue weighted by atomic mass is 9.89. The Labute approximate surface area is 95.3 Å². The Morgan fingerprint density at radius 3 is 2.44 bits per heavy atom. The number of nitrogens with zero attached hydrogens (tertiary/aromatic N) is 1. The van der Waals surface area contributed by atoms with Crippen LogP contribution in [-0.2, 0) is 14.3 Å². The molecule has 0 radical (unpaired) electrons. The van der Waals surface area contributed by atoms with Crippen LogP contribution in [0.25, 0.3) is 0 Å². The molecule has 1 aliphatic heterocycles. The van der Waals surface area contributed by atoms with Crippen LogP contribution in [0.2, 0.25) is 0 Å². The summed E-state index contributed by atoms with van der Waals surface area (Å²) in [4.78, 5) is 12.2. The van der Waals surface area contributed by atoms with Gasteiger partial charge in [-0.25, -0.2) is 4.79 Å². The first-order chi connectivity index (χ1) is 7.12. The molecule has 0 aliphatic carbocycles. The Morgan fingerprint density at radius 1 is 1.50 bits per heavy atom. The van der Waals surface area contributed by atoms with E-state index < -0.39 is 27.9 Å². The van der Waals surface area contributed by atoms with Gasteiger partial charge in [0.15, 0.2) is 0 Å². The number of carboxylic acid groups (broad SMARTS) is 1. The topological polar surface area (TPSA) is 83.9 Å². The number of piperidine rings is 1. The van der Waals surface area contributed by atoms with Gasteiger partial charge in [-0.1, -0.05) is 0 Å². The SMILES string of the molecule is CC1(C)CC(OS(C)(=O)=O)CCN1C(=O)O. The smallest absolute Gasteiger partial charge is 0.407 e. The van der Waals surface area contributed by atoms with E-state index in [1.807, 2.05) is 0 Å². The van der Waals surface area contributed by atoms with E-state index in [-0.39, 0.29) is 0 Å². The van der Waals surface area contributed by atoms with Gasteiger partial charge in [0.2, 0.25) is 0 Å². The monoisotopic (exact) mass is 251 g/mol. The molecule has 0 aromatic rings. The molecule has 1 saturated heterocycles. The maximum absolute atomic E-state index is 11.0. The van der Waals surface area contributed by atoms with Crippen LogP contribution in [0.1, 0.15) is 26.7 Å². The molecule has 1 N–H and O–H groups in total. The van der Waals surface area contributed by atoms with Gasteiger partial charge in [-0.2, -0.15) is 8.42 Å². The van der Waals surface area contributed by atoms with Crippen LogP contribution in [0.15, 0.2) is 0 Å². The van der Waals surface area contributed by atoms with Gasteiger partial charge in [0.05, 0.1) is 12.4 Å². The molecule has 16 heavy (non-hydrogen) atoms. The van der Waals surface area contributed by atoms with Crippen LogP contribution in [0.5, 0.6) is 0 Å².